The molecule has 7 heteroatoms. The van der Waals surface area contributed by atoms with Crippen molar-refractivity contribution in [1.82, 2.24) is 5.32 Å². The predicted octanol–water partition coefficient (Wildman–Crippen LogP) is 4.60. The van der Waals surface area contributed by atoms with Gasteiger partial charge in [0.25, 0.3) is 5.69 Å². The Morgan fingerprint density at radius 2 is 2.00 bits per heavy atom. The highest BCUT2D eigenvalue weighted by Gasteiger charge is 2.22. The lowest BCUT2D eigenvalue weighted by Crippen LogP contribution is -2.26. The topological polar surface area (TPSA) is 73.6 Å². The standard InChI is InChI=1S/C19H21ClN2O4/c1-12(2)18(13-3-5-16(20)6-4-13)21-9-14-7-17(22(23)24)8-15-10-25-11-26-19(14)15/h3-8,12,18,21H,9-11H2,1-2H3/t18-/m0/s1. The third-order valence-electron chi connectivity index (χ3n) is 4.39. The first kappa shape index (κ1) is 18.6. The van der Waals surface area contributed by atoms with Gasteiger partial charge < -0.3 is 14.8 Å². The Morgan fingerprint density at radius 1 is 1.27 bits per heavy atom. The second kappa shape index (κ2) is 8.03. The summed E-state index contributed by atoms with van der Waals surface area (Å²) in [4.78, 5) is 10.8. The first-order chi connectivity index (χ1) is 12.5. The van der Waals surface area contributed by atoms with E-state index in [9.17, 15) is 10.1 Å². The molecular formula is C19H21ClN2O4. The van der Waals surface area contributed by atoms with Gasteiger partial charge in [0.05, 0.1) is 11.5 Å². The third-order valence-corrected chi connectivity index (χ3v) is 4.64. The van der Waals surface area contributed by atoms with Gasteiger partial charge in [-0.1, -0.05) is 37.6 Å². The molecule has 0 saturated carbocycles. The predicted molar refractivity (Wildman–Crippen MR) is 99.3 cm³/mol. The molecule has 1 aliphatic heterocycles. The number of benzene rings is 2. The molecule has 0 spiro atoms. The molecule has 0 radical (unpaired) electrons. The van der Waals surface area contributed by atoms with Gasteiger partial charge in [-0.3, -0.25) is 10.1 Å². The summed E-state index contributed by atoms with van der Waals surface area (Å²) in [6.07, 6.45) is 0. The number of fused-ring (bicyclic) bond motifs is 1. The van der Waals surface area contributed by atoms with Gasteiger partial charge in [0.1, 0.15) is 5.75 Å². The Bertz CT molecular complexity index is 793. The second-order valence-electron chi connectivity index (χ2n) is 6.62. The van der Waals surface area contributed by atoms with E-state index in [1.54, 1.807) is 6.07 Å². The number of nitro benzene ring substituents is 1. The molecule has 6 nitrogen and oxygen atoms in total. The molecular weight excluding hydrogens is 356 g/mol. The lowest BCUT2D eigenvalue weighted by Gasteiger charge is -2.25. The number of halogens is 1. The molecule has 0 saturated heterocycles. The quantitative estimate of drug-likeness (QED) is 0.589. The summed E-state index contributed by atoms with van der Waals surface area (Å²) in [5.74, 6) is 1.00. The molecule has 138 valence electrons. The van der Waals surface area contributed by atoms with Crippen molar-refractivity contribution >= 4 is 17.3 Å². The fourth-order valence-corrected chi connectivity index (χ4v) is 3.27. The van der Waals surface area contributed by atoms with Gasteiger partial charge in [0.15, 0.2) is 6.79 Å². The number of rotatable bonds is 6. The summed E-state index contributed by atoms with van der Waals surface area (Å²) >= 11 is 5.98. The Balaban J connectivity index is 1.86. The summed E-state index contributed by atoms with van der Waals surface area (Å²) in [6, 6.07) is 10.9. The molecule has 1 aliphatic rings. The first-order valence-corrected chi connectivity index (χ1v) is 8.83. The molecule has 3 rings (SSSR count). The van der Waals surface area contributed by atoms with Crippen LogP contribution in [0, 0.1) is 16.0 Å². The van der Waals surface area contributed by atoms with E-state index in [-0.39, 0.29) is 18.5 Å². The van der Waals surface area contributed by atoms with E-state index in [0.29, 0.717) is 35.4 Å². The van der Waals surface area contributed by atoms with Gasteiger partial charge in [0, 0.05) is 40.9 Å². The van der Waals surface area contributed by atoms with Crippen molar-refractivity contribution in [2.75, 3.05) is 6.79 Å². The number of hydrogen-bond acceptors (Lipinski definition) is 5. The largest absolute Gasteiger partial charge is 0.467 e. The minimum absolute atomic E-state index is 0.0437. The minimum Gasteiger partial charge on any atom is -0.467 e. The Kier molecular flexibility index (Phi) is 5.76. The SMILES string of the molecule is CC(C)[C@H](NCc1cc([N+](=O)[O-])cc2c1OCOC2)c1ccc(Cl)cc1. The smallest absolute Gasteiger partial charge is 0.270 e. The first-order valence-electron chi connectivity index (χ1n) is 8.45. The fraction of sp³-hybridized carbons (Fsp3) is 0.368. The lowest BCUT2D eigenvalue weighted by molar-refractivity contribution is -0.385. The summed E-state index contributed by atoms with van der Waals surface area (Å²) < 4.78 is 10.9. The van der Waals surface area contributed by atoms with Gasteiger partial charge in [-0.05, 0) is 23.6 Å². The third kappa shape index (κ3) is 4.15. The maximum Gasteiger partial charge on any atom is 0.270 e. The maximum absolute atomic E-state index is 11.2. The molecule has 0 aliphatic carbocycles. The highest BCUT2D eigenvalue weighted by atomic mass is 35.5. The lowest BCUT2D eigenvalue weighted by atomic mass is 9.95. The van der Waals surface area contributed by atoms with Crippen LogP contribution < -0.4 is 10.1 Å². The van der Waals surface area contributed by atoms with Crippen LogP contribution >= 0.6 is 11.6 Å². The van der Waals surface area contributed by atoms with Crippen LogP contribution in [0.3, 0.4) is 0 Å². The second-order valence-corrected chi connectivity index (χ2v) is 7.05. The Labute approximate surface area is 157 Å². The van der Waals surface area contributed by atoms with Crippen LogP contribution in [0.4, 0.5) is 5.69 Å². The van der Waals surface area contributed by atoms with Crippen molar-refractivity contribution in [3.05, 3.63) is 68.2 Å². The normalized spacial score (nSPS) is 14.6. The minimum atomic E-state index is -0.391. The average Bonchev–Trinajstić information content (AvgIpc) is 2.62. The van der Waals surface area contributed by atoms with Crippen molar-refractivity contribution < 1.29 is 14.4 Å². The molecule has 1 atom stereocenters. The molecule has 1 heterocycles. The van der Waals surface area contributed by atoms with Crippen LogP contribution in [0.25, 0.3) is 0 Å². The molecule has 0 amide bonds. The van der Waals surface area contributed by atoms with Crippen LogP contribution in [0.1, 0.15) is 36.6 Å². The van der Waals surface area contributed by atoms with Crippen molar-refractivity contribution in [2.24, 2.45) is 5.92 Å². The molecule has 0 fully saturated rings. The van der Waals surface area contributed by atoms with E-state index >= 15 is 0 Å². The van der Waals surface area contributed by atoms with E-state index in [0.717, 1.165) is 11.1 Å². The molecule has 0 unspecified atom stereocenters. The molecule has 0 aromatic heterocycles. The van der Waals surface area contributed by atoms with Crippen LogP contribution in [-0.4, -0.2) is 11.7 Å². The highest BCUT2D eigenvalue weighted by Crippen LogP contribution is 2.33. The van der Waals surface area contributed by atoms with E-state index in [2.05, 4.69) is 19.2 Å². The molecule has 1 N–H and O–H groups in total. The summed E-state index contributed by atoms with van der Waals surface area (Å²) in [5.41, 5.74) is 2.63. The number of nitrogens with one attached hydrogen (secondary N) is 1. The number of nitro groups is 1. The van der Waals surface area contributed by atoms with Gasteiger partial charge in [-0.25, -0.2) is 0 Å². The van der Waals surface area contributed by atoms with Crippen molar-refractivity contribution in [3.8, 4) is 5.75 Å². The molecule has 26 heavy (non-hydrogen) atoms. The van der Waals surface area contributed by atoms with Crippen molar-refractivity contribution in [1.29, 1.82) is 0 Å². The molecule has 2 aromatic rings. The zero-order valence-corrected chi connectivity index (χ0v) is 15.5. The van der Waals surface area contributed by atoms with E-state index < -0.39 is 4.92 Å². The average molecular weight is 377 g/mol. The van der Waals surface area contributed by atoms with Gasteiger partial charge in [-0.2, -0.15) is 0 Å². The zero-order chi connectivity index (χ0) is 18.7. The van der Waals surface area contributed by atoms with Crippen LogP contribution in [0.5, 0.6) is 5.75 Å². The monoisotopic (exact) mass is 376 g/mol. The summed E-state index contributed by atoms with van der Waals surface area (Å²) in [7, 11) is 0. The number of hydrogen-bond donors (Lipinski definition) is 1. The molecule has 2 aromatic carbocycles. The van der Waals surface area contributed by atoms with Gasteiger partial charge in [-0.15, -0.1) is 0 Å². The van der Waals surface area contributed by atoms with Crippen molar-refractivity contribution in [3.63, 3.8) is 0 Å². The summed E-state index contributed by atoms with van der Waals surface area (Å²) in [6.45, 7) is 5.17. The fourth-order valence-electron chi connectivity index (χ4n) is 3.15. The van der Waals surface area contributed by atoms with Crippen LogP contribution in [0.2, 0.25) is 5.02 Å². The number of nitrogens with zero attached hydrogens (tertiary/aromatic N) is 1. The van der Waals surface area contributed by atoms with E-state index in [4.69, 9.17) is 21.1 Å². The van der Waals surface area contributed by atoms with E-state index in [1.165, 1.54) is 6.07 Å². The van der Waals surface area contributed by atoms with Crippen molar-refractivity contribution in [2.45, 2.75) is 33.0 Å². The van der Waals surface area contributed by atoms with Gasteiger partial charge >= 0.3 is 0 Å². The van der Waals surface area contributed by atoms with Gasteiger partial charge in [0.2, 0.25) is 0 Å². The highest BCUT2D eigenvalue weighted by molar-refractivity contribution is 6.30. The zero-order valence-electron chi connectivity index (χ0n) is 14.7. The summed E-state index contributed by atoms with van der Waals surface area (Å²) in [5, 5.41) is 15.4. The maximum atomic E-state index is 11.2. The van der Waals surface area contributed by atoms with Crippen LogP contribution in [-0.2, 0) is 17.9 Å². The Hall–Kier alpha value is -2.15. The Morgan fingerprint density at radius 3 is 2.65 bits per heavy atom. The number of ether oxygens (including phenoxy) is 2. The van der Waals surface area contributed by atoms with Crippen LogP contribution in [0.15, 0.2) is 36.4 Å². The van der Waals surface area contributed by atoms with E-state index in [1.807, 2.05) is 24.3 Å². The molecule has 0 bridgehead atoms. The number of non-ortho nitro benzene ring substituents is 1.